The summed E-state index contributed by atoms with van der Waals surface area (Å²) in [4.78, 5) is 38.0. The van der Waals surface area contributed by atoms with Crippen LogP contribution >= 0.6 is 22.9 Å². The highest BCUT2D eigenvalue weighted by molar-refractivity contribution is 7.19. The molecule has 0 bridgehead atoms. The molecule has 3 N–H and O–H groups in total. The number of carbonyl (C=O) groups is 2. The van der Waals surface area contributed by atoms with Crippen molar-refractivity contribution < 1.29 is 14.3 Å². The van der Waals surface area contributed by atoms with Crippen LogP contribution in [-0.4, -0.2) is 46.3 Å². The molecule has 0 atom stereocenters. The molecule has 0 saturated heterocycles. The van der Waals surface area contributed by atoms with Gasteiger partial charge in [-0.15, -0.1) is 11.3 Å². The quantitative estimate of drug-likeness (QED) is 0.335. The third-order valence-corrected chi connectivity index (χ3v) is 7.22. The lowest BCUT2D eigenvalue weighted by Crippen LogP contribution is -2.33. The van der Waals surface area contributed by atoms with Crippen LogP contribution in [-0.2, 0) is 11.2 Å². The second-order valence-corrected chi connectivity index (χ2v) is 9.61. The molecule has 2 aromatic heterocycles. The Labute approximate surface area is 215 Å². The minimum absolute atomic E-state index is 0.146. The minimum atomic E-state index is -0.375. The van der Waals surface area contributed by atoms with E-state index in [1.807, 2.05) is 18.2 Å². The van der Waals surface area contributed by atoms with Crippen LogP contribution in [0.15, 0.2) is 53.3 Å². The predicted molar refractivity (Wildman–Crippen MR) is 138 cm³/mol. The number of nitrogens with zero attached hydrogens (tertiary/aromatic N) is 2. The number of benzene rings is 2. The lowest BCUT2D eigenvalue weighted by molar-refractivity contribution is -0.118. The number of H-pyrrole nitrogens is 1. The highest BCUT2D eigenvalue weighted by Gasteiger charge is 2.24. The molecule has 0 aliphatic carbocycles. The van der Waals surface area contributed by atoms with Crippen molar-refractivity contribution in [1.29, 1.82) is 0 Å². The second-order valence-electron chi connectivity index (χ2n) is 8.15. The molecule has 11 heteroatoms. The molecule has 1 aliphatic rings. The Kier molecular flexibility index (Phi) is 6.62. The maximum absolute atomic E-state index is 12.6. The molecule has 184 valence electrons. The van der Waals surface area contributed by atoms with Gasteiger partial charge in [0.2, 0.25) is 5.91 Å². The van der Waals surface area contributed by atoms with Crippen LogP contribution in [0.25, 0.3) is 26.8 Å². The Morgan fingerprint density at radius 1 is 1.17 bits per heavy atom. The molecule has 9 nitrogen and oxygen atoms in total. The number of thiophene rings is 1. The van der Waals surface area contributed by atoms with E-state index in [9.17, 15) is 14.4 Å². The van der Waals surface area contributed by atoms with E-state index in [1.165, 1.54) is 22.8 Å². The van der Waals surface area contributed by atoms with E-state index in [1.54, 1.807) is 30.3 Å². The first kappa shape index (κ1) is 23.8. The first-order chi connectivity index (χ1) is 17.4. The van der Waals surface area contributed by atoms with E-state index in [2.05, 4.69) is 20.8 Å². The normalized spacial score (nSPS) is 12.2. The number of aromatic nitrogens is 3. The lowest BCUT2D eigenvalue weighted by atomic mass is 10.0. The molecule has 1 aliphatic heterocycles. The summed E-state index contributed by atoms with van der Waals surface area (Å²) >= 11 is 7.87. The SMILES string of the molecule is CC(=O)NCCNC(=O)c1ccc2c(c1)OCCc1cc(-c3n[nH]c(=O)n3-c3ccccc3Cl)sc1-2. The summed E-state index contributed by atoms with van der Waals surface area (Å²) in [6.45, 7) is 2.56. The van der Waals surface area contributed by atoms with Gasteiger partial charge >= 0.3 is 5.69 Å². The second kappa shape index (κ2) is 10.00. The summed E-state index contributed by atoms with van der Waals surface area (Å²) in [6, 6.07) is 14.5. The van der Waals surface area contributed by atoms with Crippen molar-refractivity contribution in [3.05, 3.63) is 75.2 Å². The van der Waals surface area contributed by atoms with Crippen molar-refractivity contribution in [2.45, 2.75) is 13.3 Å². The van der Waals surface area contributed by atoms with Crippen LogP contribution in [0, 0.1) is 0 Å². The molecule has 0 fully saturated rings. The van der Waals surface area contributed by atoms with Gasteiger partial charge in [0.25, 0.3) is 5.91 Å². The molecule has 3 heterocycles. The van der Waals surface area contributed by atoms with Crippen LogP contribution in [0.5, 0.6) is 5.75 Å². The molecule has 4 aromatic rings. The number of fused-ring (bicyclic) bond motifs is 3. The van der Waals surface area contributed by atoms with Crippen molar-refractivity contribution in [2.24, 2.45) is 0 Å². The molecule has 36 heavy (non-hydrogen) atoms. The van der Waals surface area contributed by atoms with E-state index >= 15 is 0 Å². The van der Waals surface area contributed by atoms with E-state index in [4.69, 9.17) is 16.3 Å². The van der Waals surface area contributed by atoms with Gasteiger partial charge in [-0.25, -0.2) is 14.5 Å². The third-order valence-electron chi connectivity index (χ3n) is 5.70. The molecule has 0 radical (unpaired) electrons. The number of hydrogen-bond donors (Lipinski definition) is 3. The number of halogens is 1. The summed E-state index contributed by atoms with van der Waals surface area (Å²) in [5, 5.41) is 12.7. The van der Waals surface area contributed by atoms with Crippen molar-refractivity contribution in [1.82, 2.24) is 25.4 Å². The van der Waals surface area contributed by atoms with Gasteiger partial charge in [-0.05, 0) is 42.0 Å². The van der Waals surface area contributed by atoms with Crippen LogP contribution in [0.3, 0.4) is 0 Å². The molecule has 2 amide bonds. The van der Waals surface area contributed by atoms with Crippen LogP contribution in [0.4, 0.5) is 0 Å². The number of amides is 2. The van der Waals surface area contributed by atoms with Gasteiger partial charge in [0, 0.05) is 42.4 Å². The number of para-hydroxylation sites is 1. The number of rotatable bonds is 6. The van der Waals surface area contributed by atoms with Crippen LogP contribution in [0.1, 0.15) is 22.8 Å². The fourth-order valence-corrected chi connectivity index (χ4v) is 5.47. The van der Waals surface area contributed by atoms with Crippen LogP contribution in [0.2, 0.25) is 5.02 Å². The smallest absolute Gasteiger partial charge is 0.348 e. The Bertz CT molecular complexity index is 1520. The van der Waals surface area contributed by atoms with E-state index < -0.39 is 0 Å². The van der Waals surface area contributed by atoms with Crippen molar-refractivity contribution in [2.75, 3.05) is 19.7 Å². The molecule has 0 unspecified atom stereocenters. The van der Waals surface area contributed by atoms with E-state index in [0.717, 1.165) is 20.9 Å². The van der Waals surface area contributed by atoms with E-state index in [-0.39, 0.29) is 17.5 Å². The zero-order chi connectivity index (χ0) is 25.2. The van der Waals surface area contributed by atoms with Crippen LogP contribution < -0.4 is 21.1 Å². The third kappa shape index (κ3) is 4.65. The summed E-state index contributed by atoms with van der Waals surface area (Å²) in [5.74, 6) is 0.696. The topological polar surface area (TPSA) is 118 Å². The Morgan fingerprint density at radius 2 is 1.97 bits per heavy atom. The fourth-order valence-electron chi connectivity index (χ4n) is 4.03. The highest BCUT2D eigenvalue weighted by Crippen LogP contribution is 2.44. The summed E-state index contributed by atoms with van der Waals surface area (Å²) in [5.41, 5.74) is 2.59. The van der Waals surface area contributed by atoms with Gasteiger partial charge in [0.1, 0.15) is 5.75 Å². The molecule has 0 saturated carbocycles. The number of carbonyl (C=O) groups excluding carboxylic acids is 2. The number of nitrogens with one attached hydrogen (secondary N) is 3. The van der Waals surface area contributed by atoms with Crippen molar-refractivity contribution >= 4 is 34.8 Å². The first-order valence-electron chi connectivity index (χ1n) is 11.3. The standard InChI is InChI=1S/C25H22ClN5O4S/c1-14(32)27-9-10-28-24(33)16-6-7-17-20(12-16)35-11-8-15-13-21(36-22(15)17)23-29-30-25(34)31(23)19-5-3-2-4-18(19)26/h2-7,12-13H,8-11H2,1H3,(H,27,32)(H,28,33)(H,30,34). The largest absolute Gasteiger partial charge is 0.493 e. The van der Waals surface area contributed by atoms with Crippen molar-refractivity contribution in [3.63, 3.8) is 0 Å². The highest BCUT2D eigenvalue weighted by atomic mass is 35.5. The number of hydrogen-bond acceptors (Lipinski definition) is 6. The number of ether oxygens (including phenoxy) is 1. The Morgan fingerprint density at radius 3 is 2.78 bits per heavy atom. The maximum Gasteiger partial charge on any atom is 0.348 e. The van der Waals surface area contributed by atoms with Gasteiger partial charge in [-0.3, -0.25) is 9.59 Å². The Hall–Kier alpha value is -3.89. The summed E-state index contributed by atoms with van der Waals surface area (Å²) in [6.07, 6.45) is 0.666. The van der Waals surface area contributed by atoms with Gasteiger partial charge in [0.15, 0.2) is 5.82 Å². The molecule has 2 aromatic carbocycles. The fraction of sp³-hybridized carbons (Fsp3) is 0.200. The molecule has 5 rings (SSSR count). The maximum atomic E-state index is 12.6. The lowest BCUT2D eigenvalue weighted by Gasteiger charge is -2.11. The zero-order valence-electron chi connectivity index (χ0n) is 19.3. The average molecular weight is 524 g/mol. The van der Waals surface area contributed by atoms with Gasteiger partial charge in [0.05, 0.1) is 22.2 Å². The molecule has 0 spiro atoms. The van der Waals surface area contributed by atoms with Gasteiger partial charge in [-0.2, -0.15) is 5.10 Å². The molecular weight excluding hydrogens is 502 g/mol. The molecular formula is C25H22ClN5O4S. The number of aromatic amines is 1. The zero-order valence-corrected chi connectivity index (χ0v) is 20.8. The Balaban J connectivity index is 1.46. The van der Waals surface area contributed by atoms with Gasteiger partial charge in [-0.1, -0.05) is 23.7 Å². The van der Waals surface area contributed by atoms with E-state index in [0.29, 0.717) is 54.0 Å². The van der Waals surface area contributed by atoms with Gasteiger partial charge < -0.3 is 15.4 Å². The van der Waals surface area contributed by atoms with Crippen molar-refractivity contribution in [3.8, 4) is 32.6 Å². The summed E-state index contributed by atoms with van der Waals surface area (Å²) in [7, 11) is 0. The first-order valence-corrected chi connectivity index (χ1v) is 12.5. The monoisotopic (exact) mass is 523 g/mol. The average Bonchev–Trinajstić information content (AvgIpc) is 3.40. The summed E-state index contributed by atoms with van der Waals surface area (Å²) < 4.78 is 7.44. The minimum Gasteiger partial charge on any atom is -0.493 e. The predicted octanol–water partition coefficient (Wildman–Crippen LogP) is 3.41.